The first-order valence-corrected chi connectivity index (χ1v) is 18.3. The zero-order chi connectivity index (χ0) is 38.1. The van der Waals surface area contributed by atoms with E-state index < -0.39 is 69.0 Å². The number of hydrogen-bond acceptors (Lipinski definition) is 10. The highest BCUT2D eigenvalue weighted by atomic mass is 16.5. The number of ether oxygens (including phenoxy) is 1. The molecule has 0 heterocycles. The second-order valence-electron chi connectivity index (χ2n) is 16.7. The summed E-state index contributed by atoms with van der Waals surface area (Å²) in [7, 11) is 1.40. The first-order chi connectivity index (χ1) is 24.4. The van der Waals surface area contributed by atoms with E-state index in [4.69, 9.17) is 4.74 Å². The summed E-state index contributed by atoms with van der Waals surface area (Å²) in [6.45, 7) is 7.92. The van der Waals surface area contributed by atoms with E-state index in [-0.39, 0.29) is 54.2 Å². The van der Waals surface area contributed by atoms with Crippen molar-refractivity contribution >= 4 is 40.7 Å². The second-order valence-corrected chi connectivity index (χ2v) is 16.7. The smallest absolute Gasteiger partial charge is 0.308 e. The summed E-state index contributed by atoms with van der Waals surface area (Å²) in [6, 6.07) is 10.5. The minimum absolute atomic E-state index is 0.0243. The average molecular weight is 713 g/mol. The lowest BCUT2D eigenvalue weighted by Crippen LogP contribution is -2.76. The number of fused-ring (bicyclic) bond motifs is 3. The molecule has 3 unspecified atom stereocenters. The summed E-state index contributed by atoms with van der Waals surface area (Å²) in [5.41, 5.74) is -2.78. The highest BCUT2D eigenvalue weighted by Crippen LogP contribution is 2.64. The Morgan fingerprint density at radius 1 is 0.923 bits per heavy atom. The summed E-state index contributed by atoms with van der Waals surface area (Å²) in [5.74, 6) is -9.24. The fourth-order valence-corrected chi connectivity index (χ4v) is 10.6. The molecule has 3 saturated carbocycles. The molecular weight excluding hydrogens is 664 g/mol. The van der Waals surface area contributed by atoms with E-state index in [9.17, 15) is 43.8 Å². The van der Waals surface area contributed by atoms with Gasteiger partial charge >= 0.3 is 5.97 Å². The van der Waals surface area contributed by atoms with Crippen LogP contribution in [0.4, 0.5) is 0 Å². The van der Waals surface area contributed by atoms with Crippen LogP contribution in [0.2, 0.25) is 0 Å². The number of phenols is 1. The Labute approximate surface area is 303 Å². The summed E-state index contributed by atoms with van der Waals surface area (Å²) < 4.78 is 4.87. The molecule has 2 N–H and O–H groups in total. The van der Waals surface area contributed by atoms with Crippen molar-refractivity contribution in [1.82, 2.24) is 0 Å². The molecule has 0 amide bonds. The number of aromatic hydroxyl groups is 1. The van der Waals surface area contributed by atoms with Crippen molar-refractivity contribution in [3.63, 3.8) is 0 Å². The maximum Gasteiger partial charge on any atom is 0.308 e. The van der Waals surface area contributed by atoms with Crippen molar-refractivity contribution in [2.75, 3.05) is 7.11 Å². The van der Waals surface area contributed by atoms with Crippen molar-refractivity contribution in [1.29, 1.82) is 0 Å². The van der Waals surface area contributed by atoms with Gasteiger partial charge in [0.2, 0.25) is 0 Å². The Morgan fingerprint density at radius 3 is 2.13 bits per heavy atom. The van der Waals surface area contributed by atoms with Gasteiger partial charge in [0.25, 0.3) is 0 Å². The van der Waals surface area contributed by atoms with Crippen LogP contribution in [-0.4, -0.2) is 63.6 Å². The van der Waals surface area contributed by atoms with E-state index in [1.807, 2.05) is 24.3 Å². The molecule has 6 atom stereocenters. The molecule has 4 aliphatic rings. The van der Waals surface area contributed by atoms with Crippen molar-refractivity contribution in [3.05, 3.63) is 53.1 Å². The number of esters is 1. The highest BCUT2D eigenvalue weighted by molar-refractivity contribution is 6.32. The van der Waals surface area contributed by atoms with E-state index in [2.05, 4.69) is 0 Å². The van der Waals surface area contributed by atoms with Gasteiger partial charge in [-0.15, -0.1) is 0 Å². The predicted octanol–water partition coefficient (Wildman–Crippen LogP) is 5.24. The van der Waals surface area contributed by atoms with E-state index in [1.54, 1.807) is 33.8 Å². The number of Topliss-reactive ketones (excluding diaryl/α,β-unsaturated/α-hetero) is 6. The van der Waals surface area contributed by atoms with Gasteiger partial charge in [-0.25, -0.2) is 0 Å². The molecule has 3 fully saturated rings. The van der Waals surface area contributed by atoms with Crippen LogP contribution in [0.3, 0.4) is 0 Å². The fourth-order valence-electron chi connectivity index (χ4n) is 10.6. The zero-order valence-corrected chi connectivity index (χ0v) is 30.7. The quantitative estimate of drug-likeness (QED) is 0.273. The normalized spacial score (nSPS) is 32.9. The first-order valence-electron chi connectivity index (χ1n) is 18.3. The maximum atomic E-state index is 14.5. The van der Waals surface area contributed by atoms with E-state index >= 15 is 0 Å². The van der Waals surface area contributed by atoms with Crippen LogP contribution in [0.1, 0.15) is 94.6 Å². The van der Waals surface area contributed by atoms with Gasteiger partial charge in [-0.3, -0.25) is 33.6 Å². The number of hydrogen-bond donors (Lipinski definition) is 2. The van der Waals surface area contributed by atoms with Crippen LogP contribution in [0.15, 0.2) is 36.4 Å². The summed E-state index contributed by atoms with van der Waals surface area (Å²) in [6.07, 6.45) is 3.88. The third-order valence-electron chi connectivity index (χ3n) is 12.8. The molecule has 2 aromatic rings. The van der Waals surface area contributed by atoms with Gasteiger partial charge in [-0.2, -0.15) is 0 Å². The number of carbonyl (C=O) groups excluding carboxylic acids is 7. The fraction of sp³-hybridized carbons (Fsp3) is 0.548. The third kappa shape index (κ3) is 5.69. The van der Waals surface area contributed by atoms with E-state index in [0.29, 0.717) is 17.5 Å². The summed E-state index contributed by atoms with van der Waals surface area (Å²) >= 11 is 0. The molecule has 276 valence electrons. The van der Waals surface area contributed by atoms with Crippen LogP contribution in [0.25, 0.3) is 11.1 Å². The van der Waals surface area contributed by atoms with Crippen molar-refractivity contribution in [2.45, 2.75) is 91.6 Å². The van der Waals surface area contributed by atoms with Crippen LogP contribution in [0.5, 0.6) is 5.75 Å². The Kier molecular flexibility index (Phi) is 9.56. The lowest BCUT2D eigenvalue weighted by Gasteiger charge is -2.61. The first kappa shape index (κ1) is 37.4. The molecule has 10 nitrogen and oxygen atoms in total. The lowest BCUT2D eigenvalue weighted by atomic mass is 9.40. The molecule has 0 radical (unpaired) electrons. The van der Waals surface area contributed by atoms with Crippen LogP contribution in [-0.2, 0) is 46.3 Å². The number of phenolic OH excluding ortho intramolecular Hbond substituents is 1. The molecule has 4 aliphatic carbocycles. The highest BCUT2D eigenvalue weighted by Gasteiger charge is 2.76. The molecule has 2 aromatic carbocycles. The van der Waals surface area contributed by atoms with E-state index in [1.165, 1.54) is 13.2 Å². The van der Waals surface area contributed by atoms with Gasteiger partial charge in [-0.05, 0) is 91.0 Å². The Hall–Kier alpha value is -4.31. The summed E-state index contributed by atoms with van der Waals surface area (Å²) in [5, 5.41) is 23.3. The maximum absolute atomic E-state index is 14.5. The number of rotatable bonds is 8. The Balaban J connectivity index is 1.29. The molecule has 0 aliphatic heterocycles. The molecule has 0 aromatic heterocycles. The number of carbonyl (C=O) groups is 7. The van der Waals surface area contributed by atoms with Crippen LogP contribution in [0, 0.1) is 46.3 Å². The molecule has 0 saturated heterocycles. The van der Waals surface area contributed by atoms with Gasteiger partial charge in [0.1, 0.15) is 23.2 Å². The zero-order valence-electron chi connectivity index (χ0n) is 30.7. The number of methoxy groups -OCH3 is 1. The third-order valence-corrected chi connectivity index (χ3v) is 12.8. The van der Waals surface area contributed by atoms with Gasteiger partial charge in [0, 0.05) is 24.2 Å². The van der Waals surface area contributed by atoms with E-state index in [0.717, 1.165) is 43.7 Å². The molecule has 52 heavy (non-hydrogen) atoms. The Morgan fingerprint density at radius 2 is 1.56 bits per heavy atom. The Bertz CT molecular complexity index is 1880. The number of aliphatic hydroxyl groups is 1. The average Bonchev–Trinajstić information content (AvgIpc) is 3.06. The van der Waals surface area contributed by atoms with Gasteiger partial charge in [-0.1, -0.05) is 58.0 Å². The number of ketones is 6. The SMILES string of the molecule is COC(=O)C1CCC(CC(=O)Cc2ccc(-c3ccc(O)c4c3C[C@]3(C)C[C@]5(C)C(C(C)C)C(=O)C(C(C)=O)C(=O)[C@]5(O)C(=O)C3C4=O)cc2)CC1. The lowest BCUT2D eigenvalue weighted by molar-refractivity contribution is -0.205. The second kappa shape index (κ2) is 13.3. The number of benzene rings is 2. The largest absolute Gasteiger partial charge is 0.507 e. The minimum atomic E-state index is -2.74. The predicted molar refractivity (Wildman–Crippen MR) is 189 cm³/mol. The monoisotopic (exact) mass is 712 g/mol. The topological polar surface area (TPSA) is 169 Å². The standard InChI is InChI=1S/C42H48O10/c1-21(2)33-35(46)31(22(3)43)37(48)42(51)38(49)34-36(47)32-29(19-40(34,4)20-41(33,42)5)28(15-16-30(32)45)25-11-7-23(8-12-25)17-27(44)18-24-9-13-26(14-10-24)39(50)52-6/h7-8,11-12,15-16,21,24,26,31,33-34,45,51H,9-10,13-14,17-20H2,1-6H3/t24?,26?,31?,33?,34?,40-,41-,42+/m1/s1. The van der Waals surface area contributed by atoms with Crippen LogP contribution < -0.4 is 0 Å². The molecule has 6 rings (SSSR count). The molecule has 0 bridgehead atoms. The minimum Gasteiger partial charge on any atom is -0.507 e. The van der Waals surface area contributed by atoms with Crippen molar-refractivity contribution in [3.8, 4) is 16.9 Å². The van der Waals surface area contributed by atoms with Gasteiger partial charge < -0.3 is 14.9 Å². The summed E-state index contributed by atoms with van der Waals surface area (Å²) in [4.78, 5) is 94.1. The molecule has 0 spiro atoms. The molecule has 10 heteroatoms. The van der Waals surface area contributed by atoms with Crippen molar-refractivity contribution < 1.29 is 48.5 Å². The van der Waals surface area contributed by atoms with Gasteiger partial charge in [0.05, 0.1) is 24.5 Å². The molecular formula is C42H48O10. The van der Waals surface area contributed by atoms with Gasteiger partial charge in [0.15, 0.2) is 28.7 Å². The van der Waals surface area contributed by atoms with Crippen molar-refractivity contribution in [2.24, 2.45) is 46.3 Å². The van der Waals surface area contributed by atoms with Crippen LogP contribution >= 0.6 is 0 Å².